The molecular formula is C15H8Br2N2O3. The number of rotatable bonds is 2. The van der Waals surface area contributed by atoms with Crippen molar-refractivity contribution < 1.29 is 14.7 Å². The van der Waals surface area contributed by atoms with E-state index >= 15 is 0 Å². The number of carbonyl (C=O) groups excluding carboxylic acids is 2. The fourth-order valence-electron chi connectivity index (χ4n) is 2.08. The van der Waals surface area contributed by atoms with Crippen LogP contribution in [-0.4, -0.2) is 28.1 Å². The van der Waals surface area contributed by atoms with E-state index in [1.54, 1.807) is 36.4 Å². The number of phenols is 1. The van der Waals surface area contributed by atoms with Crippen molar-refractivity contribution in [3.05, 3.63) is 62.0 Å². The fraction of sp³-hybridized carbons (Fsp3) is 0. The average molecular weight is 424 g/mol. The van der Waals surface area contributed by atoms with Gasteiger partial charge in [0.25, 0.3) is 11.8 Å². The standard InChI is InChI=1S/C15H8Br2N2O3/c16-11-5-6-12(17)13(20)10(11)7-18-19-14(21)8-3-1-2-4-9(8)15(19)22/h1-7,20H. The summed E-state index contributed by atoms with van der Waals surface area (Å²) in [5.74, 6) is -1.00. The van der Waals surface area contributed by atoms with Gasteiger partial charge in [-0.2, -0.15) is 10.1 Å². The van der Waals surface area contributed by atoms with Gasteiger partial charge in [0.1, 0.15) is 5.75 Å². The lowest BCUT2D eigenvalue weighted by molar-refractivity contribution is 0.0660. The molecule has 1 aliphatic rings. The first-order chi connectivity index (χ1) is 10.5. The number of phenolic OH excluding ortho intramolecular Hbond substituents is 1. The molecule has 0 saturated heterocycles. The minimum absolute atomic E-state index is 0.0327. The second-order valence-corrected chi connectivity index (χ2v) is 6.21. The third kappa shape index (κ3) is 2.36. The molecule has 3 rings (SSSR count). The number of benzene rings is 2. The first kappa shape index (κ1) is 14.9. The van der Waals surface area contributed by atoms with Gasteiger partial charge in [-0.15, -0.1) is 0 Å². The minimum atomic E-state index is -0.484. The number of aromatic hydroxyl groups is 1. The van der Waals surface area contributed by atoms with Crippen molar-refractivity contribution in [2.24, 2.45) is 5.10 Å². The van der Waals surface area contributed by atoms with Crippen LogP contribution < -0.4 is 0 Å². The van der Waals surface area contributed by atoms with E-state index in [0.717, 1.165) is 5.01 Å². The van der Waals surface area contributed by atoms with Gasteiger partial charge in [-0.1, -0.05) is 12.1 Å². The number of hydrogen-bond acceptors (Lipinski definition) is 4. The van der Waals surface area contributed by atoms with Gasteiger partial charge in [0, 0.05) is 4.47 Å². The van der Waals surface area contributed by atoms with Gasteiger partial charge < -0.3 is 5.11 Å². The van der Waals surface area contributed by atoms with Gasteiger partial charge >= 0.3 is 0 Å². The van der Waals surface area contributed by atoms with Crippen molar-refractivity contribution in [1.82, 2.24) is 5.01 Å². The number of amides is 2. The quantitative estimate of drug-likeness (QED) is 0.593. The molecule has 0 bridgehead atoms. The van der Waals surface area contributed by atoms with Crippen molar-refractivity contribution in [3.63, 3.8) is 0 Å². The van der Waals surface area contributed by atoms with Crippen LogP contribution in [0.1, 0.15) is 26.3 Å². The molecule has 0 atom stereocenters. The van der Waals surface area contributed by atoms with Crippen molar-refractivity contribution in [1.29, 1.82) is 0 Å². The molecule has 1 heterocycles. The first-order valence-electron chi connectivity index (χ1n) is 6.19. The monoisotopic (exact) mass is 422 g/mol. The van der Waals surface area contributed by atoms with Gasteiger partial charge in [-0.3, -0.25) is 9.59 Å². The van der Waals surface area contributed by atoms with Crippen molar-refractivity contribution in [2.75, 3.05) is 0 Å². The van der Waals surface area contributed by atoms with E-state index in [1.165, 1.54) is 6.21 Å². The van der Waals surface area contributed by atoms with Gasteiger partial charge in [0.2, 0.25) is 0 Å². The maximum absolute atomic E-state index is 12.2. The van der Waals surface area contributed by atoms with Crippen molar-refractivity contribution >= 4 is 49.9 Å². The largest absolute Gasteiger partial charge is 0.506 e. The molecule has 2 aromatic rings. The highest BCUT2D eigenvalue weighted by Crippen LogP contribution is 2.32. The molecule has 2 amide bonds. The Hall–Kier alpha value is -1.99. The number of nitrogens with zero attached hydrogens (tertiary/aromatic N) is 2. The Kier molecular flexibility index (Phi) is 3.84. The summed E-state index contributed by atoms with van der Waals surface area (Å²) in [6.45, 7) is 0. The summed E-state index contributed by atoms with van der Waals surface area (Å²) < 4.78 is 1.08. The maximum Gasteiger partial charge on any atom is 0.282 e. The molecule has 0 spiro atoms. The topological polar surface area (TPSA) is 70.0 Å². The van der Waals surface area contributed by atoms with Gasteiger partial charge in [0.15, 0.2) is 0 Å². The van der Waals surface area contributed by atoms with Crippen LogP contribution in [0, 0.1) is 0 Å². The Morgan fingerprint density at radius 3 is 2.09 bits per heavy atom. The summed E-state index contributed by atoms with van der Waals surface area (Å²) in [4.78, 5) is 24.3. The highest BCUT2D eigenvalue weighted by molar-refractivity contribution is 9.11. The third-order valence-corrected chi connectivity index (χ3v) is 4.52. The molecule has 1 aliphatic heterocycles. The predicted octanol–water partition coefficient (Wildman–Crippen LogP) is 3.55. The number of imide groups is 1. The fourth-order valence-corrected chi connectivity index (χ4v) is 2.84. The van der Waals surface area contributed by atoms with Crippen molar-refractivity contribution in [3.8, 4) is 5.75 Å². The van der Waals surface area contributed by atoms with E-state index in [4.69, 9.17) is 0 Å². The average Bonchev–Trinajstić information content (AvgIpc) is 2.76. The second-order valence-electron chi connectivity index (χ2n) is 4.50. The molecule has 22 heavy (non-hydrogen) atoms. The zero-order valence-corrected chi connectivity index (χ0v) is 14.1. The molecule has 5 nitrogen and oxygen atoms in total. The van der Waals surface area contributed by atoms with Gasteiger partial charge in [-0.05, 0) is 56.1 Å². The molecule has 0 aliphatic carbocycles. The predicted molar refractivity (Wildman–Crippen MR) is 88.0 cm³/mol. The molecule has 7 heteroatoms. The van der Waals surface area contributed by atoms with E-state index in [0.29, 0.717) is 25.6 Å². The first-order valence-corrected chi connectivity index (χ1v) is 7.78. The van der Waals surface area contributed by atoms with Crippen LogP contribution in [0.4, 0.5) is 0 Å². The van der Waals surface area contributed by atoms with Crippen LogP contribution in [-0.2, 0) is 0 Å². The molecule has 2 aromatic carbocycles. The highest BCUT2D eigenvalue weighted by Gasteiger charge is 2.35. The van der Waals surface area contributed by atoms with Crippen LogP contribution >= 0.6 is 31.9 Å². The molecule has 1 N–H and O–H groups in total. The van der Waals surface area contributed by atoms with Gasteiger partial charge in [-0.25, -0.2) is 0 Å². The number of carbonyl (C=O) groups is 2. The van der Waals surface area contributed by atoms with E-state index in [2.05, 4.69) is 37.0 Å². The molecule has 0 radical (unpaired) electrons. The highest BCUT2D eigenvalue weighted by atomic mass is 79.9. The zero-order valence-electron chi connectivity index (χ0n) is 11.0. The Labute approximate surface area is 142 Å². The lowest BCUT2D eigenvalue weighted by Crippen LogP contribution is -2.24. The van der Waals surface area contributed by atoms with Gasteiger partial charge in [0.05, 0.1) is 27.4 Å². The number of fused-ring (bicyclic) bond motifs is 1. The van der Waals surface area contributed by atoms with Crippen LogP contribution in [0.5, 0.6) is 5.75 Å². The van der Waals surface area contributed by atoms with E-state index in [9.17, 15) is 14.7 Å². The summed E-state index contributed by atoms with van der Waals surface area (Å²) >= 11 is 6.49. The van der Waals surface area contributed by atoms with E-state index in [-0.39, 0.29) is 5.75 Å². The summed E-state index contributed by atoms with van der Waals surface area (Å²) in [5.41, 5.74) is 1.01. The third-order valence-electron chi connectivity index (χ3n) is 3.19. The van der Waals surface area contributed by atoms with Crippen LogP contribution in [0.2, 0.25) is 0 Å². The Morgan fingerprint density at radius 1 is 0.955 bits per heavy atom. The lowest BCUT2D eigenvalue weighted by atomic mass is 10.1. The van der Waals surface area contributed by atoms with Crippen LogP contribution in [0.25, 0.3) is 0 Å². The molecule has 110 valence electrons. The Balaban J connectivity index is 1.97. The number of halogens is 2. The SMILES string of the molecule is O=C1c2ccccc2C(=O)N1N=Cc1c(Br)ccc(Br)c1O. The minimum Gasteiger partial charge on any atom is -0.506 e. The normalized spacial score (nSPS) is 14.0. The van der Waals surface area contributed by atoms with E-state index in [1.807, 2.05) is 0 Å². The molecular weight excluding hydrogens is 416 g/mol. The van der Waals surface area contributed by atoms with Crippen LogP contribution in [0.15, 0.2) is 50.4 Å². The summed E-state index contributed by atoms with van der Waals surface area (Å²) in [6.07, 6.45) is 1.27. The summed E-state index contributed by atoms with van der Waals surface area (Å²) in [7, 11) is 0. The Morgan fingerprint density at radius 2 is 1.50 bits per heavy atom. The molecule has 0 saturated carbocycles. The van der Waals surface area contributed by atoms with E-state index < -0.39 is 11.8 Å². The van der Waals surface area contributed by atoms with Crippen molar-refractivity contribution in [2.45, 2.75) is 0 Å². The number of hydrazone groups is 1. The number of hydrogen-bond donors (Lipinski definition) is 1. The molecule has 0 unspecified atom stereocenters. The smallest absolute Gasteiger partial charge is 0.282 e. The summed E-state index contributed by atoms with van der Waals surface area (Å²) in [5, 5.41) is 14.7. The maximum atomic E-state index is 12.2. The lowest BCUT2D eigenvalue weighted by Gasteiger charge is -2.07. The zero-order chi connectivity index (χ0) is 15.9. The second kappa shape index (κ2) is 5.66. The Bertz CT molecular complexity index is 799. The van der Waals surface area contributed by atoms with Crippen LogP contribution in [0.3, 0.4) is 0 Å². The molecule has 0 aromatic heterocycles. The summed E-state index contributed by atoms with van der Waals surface area (Å²) in [6, 6.07) is 9.92. The molecule has 0 fully saturated rings.